The molecule has 148 valence electrons. The zero-order chi connectivity index (χ0) is 19.2. The monoisotopic (exact) mass is 492 g/mol. The van der Waals surface area contributed by atoms with Crippen LogP contribution in [0.3, 0.4) is 0 Å². The number of furan rings is 1. The Kier molecular flexibility index (Phi) is 7.86. The van der Waals surface area contributed by atoms with Crippen LogP contribution < -0.4 is 10.6 Å². The molecule has 0 saturated carbocycles. The minimum atomic E-state index is -0.00202. The van der Waals surface area contributed by atoms with Crippen molar-refractivity contribution in [1.29, 1.82) is 0 Å². The molecule has 0 aliphatic heterocycles. The fourth-order valence-corrected chi connectivity index (χ4v) is 2.72. The molecule has 0 spiro atoms. The number of guanidine groups is 1. The molecule has 6 nitrogen and oxygen atoms in total. The minimum absolute atomic E-state index is 0. The van der Waals surface area contributed by atoms with Gasteiger partial charge in [-0.05, 0) is 29.8 Å². The van der Waals surface area contributed by atoms with E-state index in [-0.39, 0.29) is 29.9 Å². The van der Waals surface area contributed by atoms with Crippen molar-refractivity contribution in [2.45, 2.75) is 13.1 Å². The van der Waals surface area contributed by atoms with E-state index >= 15 is 0 Å². The SMILES string of the molecule is CN=C(NCc1ccc(C(=O)N(C)C)cc1)NCc1cc2ccccc2o1.I. The fourth-order valence-electron chi connectivity index (χ4n) is 2.72. The lowest BCUT2D eigenvalue weighted by Gasteiger charge is -2.12. The van der Waals surface area contributed by atoms with Crippen LogP contribution in [0.4, 0.5) is 0 Å². The van der Waals surface area contributed by atoms with E-state index in [2.05, 4.69) is 15.6 Å². The number of aliphatic imine (C=N–C) groups is 1. The Morgan fingerprint density at radius 2 is 1.71 bits per heavy atom. The third kappa shape index (κ3) is 5.48. The standard InChI is InChI=1S/C21H24N4O2.HI/c1-22-21(24-14-18-12-17-6-4-5-7-19(17)27-18)23-13-15-8-10-16(11-9-15)20(26)25(2)3;/h4-12H,13-14H2,1-3H3,(H2,22,23,24);1H. The highest BCUT2D eigenvalue weighted by molar-refractivity contribution is 14.0. The summed E-state index contributed by atoms with van der Waals surface area (Å²) in [5.74, 6) is 1.53. The van der Waals surface area contributed by atoms with Crippen LogP contribution in [-0.4, -0.2) is 37.9 Å². The number of nitrogens with one attached hydrogen (secondary N) is 2. The lowest BCUT2D eigenvalue weighted by Crippen LogP contribution is -2.36. The van der Waals surface area contributed by atoms with Crippen LogP contribution in [0.5, 0.6) is 0 Å². The van der Waals surface area contributed by atoms with Gasteiger partial charge < -0.3 is 20.0 Å². The van der Waals surface area contributed by atoms with E-state index in [1.54, 1.807) is 26.0 Å². The second-order valence-corrected chi connectivity index (χ2v) is 6.43. The van der Waals surface area contributed by atoms with Gasteiger partial charge in [0.2, 0.25) is 0 Å². The van der Waals surface area contributed by atoms with Crippen molar-refractivity contribution in [3.63, 3.8) is 0 Å². The molecule has 7 heteroatoms. The van der Waals surface area contributed by atoms with Crippen LogP contribution in [0.15, 0.2) is 64.0 Å². The van der Waals surface area contributed by atoms with Crippen molar-refractivity contribution < 1.29 is 9.21 Å². The van der Waals surface area contributed by atoms with Gasteiger partial charge in [-0.15, -0.1) is 24.0 Å². The maximum Gasteiger partial charge on any atom is 0.253 e. The molecule has 0 bridgehead atoms. The Morgan fingerprint density at radius 1 is 1.04 bits per heavy atom. The van der Waals surface area contributed by atoms with E-state index in [0.717, 1.165) is 22.3 Å². The lowest BCUT2D eigenvalue weighted by atomic mass is 10.1. The smallest absolute Gasteiger partial charge is 0.253 e. The van der Waals surface area contributed by atoms with Crippen LogP contribution in [0.2, 0.25) is 0 Å². The van der Waals surface area contributed by atoms with Gasteiger partial charge in [-0.3, -0.25) is 9.79 Å². The molecule has 0 atom stereocenters. The Hall–Kier alpha value is -2.55. The molecule has 2 aromatic carbocycles. The second-order valence-electron chi connectivity index (χ2n) is 6.43. The molecule has 1 aromatic heterocycles. The first kappa shape index (κ1) is 21.7. The number of rotatable bonds is 5. The highest BCUT2D eigenvalue weighted by atomic mass is 127. The molecular weight excluding hydrogens is 467 g/mol. The summed E-state index contributed by atoms with van der Waals surface area (Å²) in [5, 5.41) is 7.60. The number of amides is 1. The van der Waals surface area contributed by atoms with Gasteiger partial charge in [0.05, 0.1) is 6.54 Å². The average Bonchev–Trinajstić information content (AvgIpc) is 3.11. The van der Waals surface area contributed by atoms with Gasteiger partial charge in [0.25, 0.3) is 5.91 Å². The van der Waals surface area contributed by atoms with Crippen molar-refractivity contribution in [3.8, 4) is 0 Å². The Balaban J connectivity index is 0.00000280. The number of benzene rings is 2. The van der Waals surface area contributed by atoms with E-state index in [0.29, 0.717) is 24.6 Å². The number of carbonyl (C=O) groups is 1. The number of halogens is 1. The summed E-state index contributed by atoms with van der Waals surface area (Å²) in [4.78, 5) is 17.7. The summed E-state index contributed by atoms with van der Waals surface area (Å²) >= 11 is 0. The number of hydrogen-bond acceptors (Lipinski definition) is 3. The number of hydrogen-bond donors (Lipinski definition) is 2. The molecule has 0 radical (unpaired) electrons. The third-order valence-corrected chi connectivity index (χ3v) is 4.20. The molecule has 1 heterocycles. The van der Waals surface area contributed by atoms with Crippen molar-refractivity contribution in [2.24, 2.45) is 4.99 Å². The van der Waals surface area contributed by atoms with Crippen LogP contribution in [0, 0.1) is 0 Å². The van der Waals surface area contributed by atoms with Gasteiger partial charge in [0.15, 0.2) is 5.96 Å². The van der Waals surface area contributed by atoms with Gasteiger partial charge >= 0.3 is 0 Å². The molecule has 0 fully saturated rings. The van der Waals surface area contributed by atoms with Crippen LogP contribution in [-0.2, 0) is 13.1 Å². The maximum atomic E-state index is 11.9. The van der Waals surface area contributed by atoms with E-state index < -0.39 is 0 Å². The quantitative estimate of drug-likeness (QED) is 0.325. The van der Waals surface area contributed by atoms with Crippen LogP contribution in [0.1, 0.15) is 21.7 Å². The van der Waals surface area contributed by atoms with Gasteiger partial charge in [-0.1, -0.05) is 30.3 Å². The Morgan fingerprint density at radius 3 is 2.36 bits per heavy atom. The molecule has 0 unspecified atom stereocenters. The Labute approximate surface area is 182 Å². The van der Waals surface area contributed by atoms with Crippen LogP contribution >= 0.6 is 24.0 Å². The normalized spacial score (nSPS) is 11.0. The highest BCUT2D eigenvalue weighted by Crippen LogP contribution is 2.18. The predicted molar refractivity (Wildman–Crippen MR) is 123 cm³/mol. The first-order valence-corrected chi connectivity index (χ1v) is 8.79. The van der Waals surface area contributed by atoms with Crippen molar-refractivity contribution in [1.82, 2.24) is 15.5 Å². The molecule has 3 aromatic rings. The first-order valence-electron chi connectivity index (χ1n) is 8.79. The topological polar surface area (TPSA) is 69.9 Å². The molecule has 3 rings (SSSR count). The van der Waals surface area contributed by atoms with E-state index in [1.165, 1.54) is 0 Å². The zero-order valence-electron chi connectivity index (χ0n) is 16.2. The van der Waals surface area contributed by atoms with Gasteiger partial charge in [0.1, 0.15) is 11.3 Å². The number of carbonyl (C=O) groups excluding carboxylic acids is 1. The molecule has 28 heavy (non-hydrogen) atoms. The number of nitrogens with zero attached hydrogens (tertiary/aromatic N) is 2. The summed E-state index contributed by atoms with van der Waals surface area (Å²) < 4.78 is 5.80. The van der Waals surface area contributed by atoms with Crippen molar-refractivity contribution >= 4 is 46.8 Å². The summed E-state index contributed by atoms with van der Waals surface area (Å²) in [5.41, 5.74) is 2.62. The third-order valence-electron chi connectivity index (χ3n) is 4.20. The summed E-state index contributed by atoms with van der Waals surface area (Å²) in [6, 6.07) is 17.5. The largest absolute Gasteiger partial charge is 0.459 e. The molecule has 2 N–H and O–H groups in total. The molecule has 0 aliphatic rings. The Bertz CT molecular complexity index is 915. The predicted octanol–water partition coefficient (Wildman–Crippen LogP) is 3.62. The van der Waals surface area contributed by atoms with Gasteiger partial charge in [-0.2, -0.15) is 0 Å². The van der Waals surface area contributed by atoms with Crippen LogP contribution in [0.25, 0.3) is 11.0 Å². The van der Waals surface area contributed by atoms with E-state index in [1.807, 2.05) is 54.6 Å². The van der Waals surface area contributed by atoms with E-state index in [4.69, 9.17) is 4.42 Å². The van der Waals surface area contributed by atoms with Crippen molar-refractivity contribution in [3.05, 3.63) is 71.5 Å². The van der Waals surface area contributed by atoms with Crippen molar-refractivity contribution in [2.75, 3.05) is 21.1 Å². The summed E-state index contributed by atoms with van der Waals surface area (Å²) in [6.07, 6.45) is 0. The molecule has 1 amide bonds. The highest BCUT2D eigenvalue weighted by Gasteiger charge is 2.08. The number of para-hydroxylation sites is 1. The first-order chi connectivity index (χ1) is 13.1. The molecule has 0 aliphatic carbocycles. The van der Waals surface area contributed by atoms with Gasteiger partial charge in [0, 0.05) is 38.6 Å². The summed E-state index contributed by atoms with van der Waals surface area (Å²) in [6.45, 7) is 1.15. The van der Waals surface area contributed by atoms with Gasteiger partial charge in [-0.25, -0.2) is 0 Å². The average molecular weight is 492 g/mol. The molecule has 0 saturated heterocycles. The zero-order valence-corrected chi connectivity index (χ0v) is 18.6. The molecular formula is C21H25IN4O2. The number of fused-ring (bicyclic) bond motifs is 1. The van der Waals surface area contributed by atoms with E-state index in [9.17, 15) is 4.79 Å². The fraction of sp³-hybridized carbons (Fsp3) is 0.238. The summed E-state index contributed by atoms with van der Waals surface area (Å²) in [7, 11) is 5.22. The minimum Gasteiger partial charge on any atom is -0.459 e. The maximum absolute atomic E-state index is 11.9. The second kappa shape index (κ2) is 10.1. The lowest BCUT2D eigenvalue weighted by molar-refractivity contribution is 0.0827.